The number of nitrogens with one attached hydrogen (secondary N) is 1. The number of carbonyl (C=O) groups is 1. The van der Waals surface area contributed by atoms with Gasteiger partial charge in [-0.3, -0.25) is 10.2 Å². The maximum atomic E-state index is 10.6. The van der Waals surface area contributed by atoms with Crippen molar-refractivity contribution in [3.63, 3.8) is 0 Å². The van der Waals surface area contributed by atoms with E-state index in [1.807, 2.05) is 0 Å². The van der Waals surface area contributed by atoms with Gasteiger partial charge in [0.15, 0.2) is 0 Å². The highest BCUT2D eigenvalue weighted by atomic mass is 32.2. The van der Waals surface area contributed by atoms with Crippen LogP contribution in [-0.4, -0.2) is 24.0 Å². The quantitative estimate of drug-likeness (QED) is 0.220. The molecule has 5 heteroatoms. The molecule has 4 nitrogen and oxygen atoms in total. The Labute approximate surface area is 71.0 Å². The summed E-state index contributed by atoms with van der Waals surface area (Å²) in [6, 6.07) is 0. The van der Waals surface area contributed by atoms with Crippen LogP contribution in [0.4, 0.5) is 0 Å². The molecule has 0 heterocycles. The monoisotopic (exact) mass is 177 g/mol. The molecule has 0 saturated carbocycles. The molecule has 1 amide bonds. The summed E-state index contributed by atoms with van der Waals surface area (Å²) in [6.45, 7) is 0.718. The van der Waals surface area contributed by atoms with Crippen LogP contribution >= 0.6 is 11.8 Å². The maximum Gasteiger partial charge on any atom is 0.234 e. The Balaban J connectivity index is 2.95. The van der Waals surface area contributed by atoms with Gasteiger partial charge >= 0.3 is 0 Å². The van der Waals surface area contributed by atoms with E-state index >= 15 is 0 Å². The summed E-state index contributed by atoms with van der Waals surface area (Å²) in [5.41, 5.74) is 7.36. The summed E-state index contributed by atoms with van der Waals surface area (Å²) in [7, 11) is 0. The van der Waals surface area contributed by atoms with Gasteiger partial charge in [0.2, 0.25) is 5.91 Å². The number of carbonyl (C=O) groups excluding carboxylic acids is 1. The third kappa shape index (κ3) is 7.64. The Morgan fingerprint density at radius 3 is 2.73 bits per heavy atom. The third-order valence-corrected chi connectivity index (χ3v) is 2.20. The average Bonchev–Trinajstić information content (AvgIpc) is 2.04. The second-order valence-corrected chi connectivity index (χ2v) is 3.30. The first-order chi connectivity index (χ1) is 5.31. The molecule has 0 aliphatic carbocycles. The minimum atomic E-state index is -0.106. The van der Waals surface area contributed by atoms with Gasteiger partial charge < -0.3 is 5.73 Å². The van der Waals surface area contributed by atoms with Crippen molar-refractivity contribution in [2.45, 2.75) is 12.8 Å². The van der Waals surface area contributed by atoms with Gasteiger partial charge in [-0.15, -0.1) is 0 Å². The second-order valence-electron chi connectivity index (χ2n) is 2.07. The zero-order valence-electron chi connectivity index (χ0n) is 6.51. The molecule has 0 aliphatic heterocycles. The molecule has 0 rings (SSSR count). The van der Waals surface area contributed by atoms with Gasteiger partial charge in [0.25, 0.3) is 0 Å². The Bertz CT molecular complexity index is 110. The van der Waals surface area contributed by atoms with Crippen molar-refractivity contribution < 1.29 is 4.79 Å². The van der Waals surface area contributed by atoms with Crippen LogP contribution in [-0.2, 0) is 4.79 Å². The van der Waals surface area contributed by atoms with Crippen molar-refractivity contribution in [3.05, 3.63) is 0 Å². The Hall–Kier alpha value is -0.260. The van der Waals surface area contributed by atoms with Gasteiger partial charge in [0.05, 0.1) is 0 Å². The lowest BCUT2D eigenvalue weighted by atomic mass is 10.5. The minimum absolute atomic E-state index is 0.106. The fraction of sp³-hybridized carbons (Fsp3) is 0.833. The molecule has 0 unspecified atom stereocenters. The summed E-state index contributed by atoms with van der Waals surface area (Å²) >= 11 is 1.73. The van der Waals surface area contributed by atoms with E-state index in [9.17, 15) is 4.79 Å². The Morgan fingerprint density at radius 1 is 1.45 bits per heavy atom. The van der Waals surface area contributed by atoms with E-state index in [0.717, 1.165) is 24.5 Å². The highest BCUT2D eigenvalue weighted by molar-refractivity contribution is 7.99. The van der Waals surface area contributed by atoms with Crippen molar-refractivity contribution in [3.8, 4) is 0 Å². The van der Waals surface area contributed by atoms with E-state index in [0.29, 0.717) is 6.42 Å². The number of rotatable bonds is 6. The molecule has 0 aromatic rings. The smallest absolute Gasteiger partial charge is 0.234 e. The van der Waals surface area contributed by atoms with Crippen LogP contribution < -0.4 is 17.0 Å². The summed E-state index contributed by atoms with van der Waals surface area (Å²) in [5.74, 6) is 6.62. The predicted octanol–water partition coefficient (Wildman–Crippen LogP) is -0.552. The largest absolute Gasteiger partial charge is 0.330 e. The first kappa shape index (κ1) is 10.7. The van der Waals surface area contributed by atoms with E-state index in [1.54, 1.807) is 11.8 Å². The molecule has 0 radical (unpaired) electrons. The van der Waals surface area contributed by atoms with E-state index in [1.165, 1.54) is 0 Å². The molecule has 0 atom stereocenters. The molecule has 66 valence electrons. The van der Waals surface area contributed by atoms with Crippen LogP contribution in [0.2, 0.25) is 0 Å². The van der Waals surface area contributed by atoms with E-state index < -0.39 is 0 Å². The molecule has 5 N–H and O–H groups in total. The van der Waals surface area contributed by atoms with Crippen LogP contribution in [0, 0.1) is 0 Å². The number of nitrogens with two attached hydrogens (primary N) is 2. The number of hydrazine groups is 1. The highest BCUT2D eigenvalue weighted by Crippen LogP contribution is 2.02. The third-order valence-electron chi connectivity index (χ3n) is 1.13. The van der Waals surface area contributed by atoms with Crippen LogP contribution in [0.15, 0.2) is 0 Å². The van der Waals surface area contributed by atoms with Crippen LogP contribution in [0.1, 0.15) is 12.8 Å². The molecule has 0 aromatic carbocycles. The molecule has 0 aromatic heterocycles. The first-order valence-electron chi connectivity index (χ1n) is 3.58. The van der Waals surface area contributed by atoms with Gasteiger partial charge in [0.1, 0.15) is 0 Å². The van der Waals surface area contributed by atoms with Crippen LogP contribution in [0.5, 0.6) is 0 Å². The van der Waals surface area contributed by atoms with Gasteiger partial charge in [-0.05, 0) is 18.7 Å². The number of amides is 1. The van der Waals surface area contributed by atoms with Crippen LogP contribution in [0.3, 0.4) is 0 Å². The lowest BCUT2D eigenvalue weighted by Gasteiger charge is -1.98. The average molecular weight is 177 g/mol. The number of hydrogen-bond donors (Lipinski definition) is 3. The molecular weight excluding hydrogens is 162 g/mol. The number of hydrogen-bond acceptors (Lipinski definition) is 4. The maximum absolute atomic E-state index is 10.6. The lowest BCUT2D eigenvalue weighted by Crippen LogP contribution is -2.30. The Morgan fingerprint density at radius 2 is 2.18 bits per heavy atom. The zero-order chi connectivity index (χ0) is 8.53. The first-order valence-corrected chi connectivity index (χ1v) is 4.74. The molecular formula is C6H15N3OS. The molecule has 0 bridgehead atoms. The number of thioether (sulfide) groups is 1. The van der Waals surface area contributed by atoms with Crippen molar-refractivity contribution in [2.75, 3.05) is 18.1 Å². The molecule has 11 heavy (non-hydrogen) atoms. The van der Waals surface area contributed by atoms with E-state index in [2.05, 4.69) is 5.43 Å². The van der Waals surface area contributed by atoms with Crippen LogP contribution in [0.25, 0.3) is 0 Å². The molecule has 0 fully saturated rings. The standard InChI is InChI=1S/C6H15N3OS/c7-3-1-4-11-5-2-6(10)9-8/h1-5,7-8H2,(H,9,10). The summed E-state index contributed by atoms with van der Waals surface area (Å²) < 4.78 is 0. The zero-order valence-corrected chi connectivity index (χ0v) is 7.32. The van der Waals surface area contributed by atoms with Gasteiger partial charge in [-0.1, -0.05) is 0 Å². The predicted molar refractivity (Wildman–Crippen MR) is 47.9 cm³/mol. The van der Waals surface area contributed by atoms with Gasteiger partial charge in [0, 0.05) is 12.2 Å². The van der Waals surface area contributed by atoms with Gasteiger partial charge in [-0.25, -0.2) is 5.84 Å². The summed E-state index contributed by atoms with van der Waals surface area (Å²) in [6.07, 6.45) is 1.50. The molecule has 0 saturated heterocycles. The van der Waals surface area contributed by atoms with Gasteiger partial charge in [-0.2, -0.15) is 11.8 Å². The molecule has 0 spiro atoms. The minimum Gasteiger partial charge on any atom is -0.330 e. The van der Waals surface area contributed by atoms with Crippen molar-refractivity contribution in [1.29, 1.82) is 0 Å². The fourth-order valence-electron chi connectivity index (χ4n) is 0.524. The van der Waals surface area contributed by atoms with Crippen molar-refractivity contribution >= 4 is 17.7 Å². The topological polar surface area (TPSA) is 81.1 Å². The lowest BCUT2D eigenvalue weighted by molar-refractivity contribution is -0.120. The van der Waals surface area contributed by atoms with E-state index in [4.69, 9.17) is 11.6 Å². The summed E-state index contributed by atoms with van der Waals surface area (Å²) in [5, 5.41) is 0. The van der Waals surface area contributed by atoms with Crippen molar-refractivity contribution in [1.82, 2.24) is 5.43 Å². The SMILES string of the molecule is NCCCSCCC(=O)NN. The second kappa shape index (κ2) is 7.84. The molecule has 0 aliphatic rings. The normalized spacial score (nSPS) is 9.64. The fourth-order valence-corrected chi connectivity index (χ4v) is 1.43. The Kier molecular flexibility index (Phi) is 7.66. The summed E-state index contributed by atoms with van der Waals surface area (Å²) in [4.78, 5) is 10.6. The van der Waals surface area contributed by atoms with E-state index in [-0.39, 0.29) is 5.91 Å². The van der Waals surface area contributed by atoms with Crippen molar-refractivity contribution in [2.24, 2.45) is 11.6 Å². The highest BCUT2D eigenvalue weighted by Gasteiger charge is 1.96.